The van der Waals surface area contributed by atoms with Gasteiger partial charge in [-0.2, -0.15) is 13.2 Å². The molecule has 0 saturated carbocycles. The van der Waals surface area contributed by atoms with E-state index in [-0.39, 0.29) is 31.0 Å². The minimum Gasteiger partial charge on any atom is -0.365 e. The molecule has 1 aliphatic heterocycles. The summed E-state index contributed by atoms with van der Waals surface area (Å²) in [5.74, 6) is -0.246. The molecular weight excluding hydrogens is 391 g/mol. The lowest BCUT2D eigenvalue weighted by Gasteiger charge is -2.34. The van der Waals surface area contributed by atoms with Gasteiger partial charge in [0.2, 0.25) is 5.91 Å². The van der Waals surface area contributed by atoms with Gasteiger partial charge in [-0.25, -0.2) is 0 Å². The molecule has 1 aliphatic rings. The second kappa shape index (κ2) is 8.64. The standard InChI is InChI=1S/C19H20F3N3O4/c1-12-2-3-13(18(27)25-8-9-28-16(11-25)19(20,21)22)10-15(12)24-17(26)5-4-14-6-7-23-29-14/h2-3,6-7,10,16H,4-5,8-9,11H2,1H3,(H,24,26). The van der Waals surface area contributed by atoms with E-state index in [9.17, 15) is 22.8 Å². The van der Waals surface area contributed by atoms with Crippen LogP contribution >= 0.6 is 0 Å². The zero-order valence-corrected chi connectivity index (χ0v) is 15.7. The zero-order valence-electron chi connectivity index (χ0n) is 15.7. The quantitative estimate of drug-likeness (QED) is 0.818. The number of halogens is 3. The van der Waals surface area contributed by atoms with Gasteiger partial charge in [0.05, 0.1) is 19.3 Å². The molecule has 1 N–H and O–H groups in total. The lowest BCUT2D eigenvalue weighted by Crippen LogP contribution is -2.51. The maximum Gasteiger partial charge on any atom is 0.416 e. The van der Waals surface area contributed by atoms with Crippen molar-refractivity contribution < 1.29 is 32.0 Å². The van der Waals surface area contributed by atoms with Crippen LogP contribution in [0.4, 0.5) is 18.9 Å². The van der Waals surface area contributed by atoms with Crippen LogP contribution in [0.15, 0.2) is 35.0 Å². The molecular formula is C19H20F3N3O4. The number of aryl methyl sites for hydroxylation is 2. The molecule has 29 heavy (non-hydrogen) atoms. The highest BCUT2D eigenvalue weighted by molar-refractivity contribution is 5.97. The monoisotopic (exact) mass is 411 g/mol. The highest BCUT2D eigenvalue weighted by Crippen LogP contribution is 2.27. The Morgan fingerprint density at radius 2 is 2.10 bits per heavy atom. The summed E-state index contributed by atoms with van der Waals surface area (Å²) < 4.78 is 48.3. The predicted octanol–water partition coefficient (Wildman–Crippen LogP) is 2.96. The van der Waals surface area contributed by atoms with Crippen molar-refractivity contribution in [1.29, 1.82) is 0 Å². The molecule has 156 valence electrons. The summed E-state index contributed by atoms with van der Waals surface area (Å²) in [4.78, 5) is 26.0. The third-order valence-electron chi connectivity index (χ3n) is 4.57. The Labute approximate surface area is 164 Å². The Morgan fingerprint density at radius 3 is 2.79 bits per heavy atom. The van der Waals surface area contributed by atoms with E-state index in [4.69, 9.17) is 9.26 Å². The average Bonchev–Trinajstić information content (AvgIpc) is 3.21. The first-order chi connectivity index (χ1) is 13.7. The van der Waals surface area contributed by atoms with Crippen LogP contribution < -0.4 is 5.32 Å². The molecule has 0 aliphatic carbocycles. The number of hydrogen-bond acceptors (Lipinski definition) is 5. The molecule has 1 aromatic heterocycles. The van der Waals surface area contributed by atoms with E-state index in [1.807, 2.05) is 0 Å². The van der Waals surface area contributed by atoms with Crippen LogP contribution in [-0.4, -0.2) is 53.8 Å². The number of rotatable bonds is 5. The molecule has 3 rings (SSSR count). The topological polar surface area (TPSA) is 84.7 Å². The fourth-order valence-corrected chi connectivity index (χ4v) is 2.92. The van der Waals surface area contributed by atoms with Crippen LogP contribution in [0.1, 0.15) is 28.1 Å². The molecule has 10 heteroatoms. The molecule has 1 aromatic carbocycles. The van der Waals surface area contributed by atoms with Crippen LogP contribution in [0.3, 0.4) is 0 Å². The van der Waals surface area contributed by atoms with Gasteiger partial charge >= 0.3 is 6.18 Å². The van der Waals surface area contributed by atoms with Crippen molar-refractivity contribution in [2.24, 2.45) is 0 Å². The van der Waals surface area contributed by atoms with Crippen LogP contribution in [0.2, 0.25) is 0 Å². The number of aromatic nitrogens is 1. The van der Waals surface area contributed by atoms with Crippen LogP contribution in [0.25, 0.3) is 0 Å². The molecule has 0 spiro atoms. The van der Waals surface area contributed by atoms with Gasteiger partial charge in [-0.3, -0.25) is 9.59 Å². The molecule has 1 atom stereocenters. The minimum atomic E-state index is -4.53. The van der Waals surface area contributed by atoms with E-state index >= 15 is 0 Å². The molecule has 0 radical (unpaired) electrons. The predicted molar refractivity (Wildman–Crippen MR) is 96.3 cm³/mol. The van der Waals surface area contributed by atoms with Gasteiger partial charge in [-0.15, -0.1) is 0 Å². The largest absolute Gasteiger partial charge is 0.416 e. The number of ether oxygens (including phenoxy) is 1. The number of nitrogens with one attached hydrogen (secondary N) is 1. The Bertz CT molecular complexity index is 868. The lowest BCUT2D eigenvalue weighted by atomic mass is 10.1. The fraction of sp³-hybridized carbons (Fsp3) is 0.421. The number of nitrogens with zero attached hydrogens (tertiary/aromatic N) is 2. The highest BCUT2D eigenvalue weighted by atomic mass is 19.4. The Morgan fingerprint density at radius 1 is 1.31 bits per heavy atom. The van der Waals surface area contributed by atoms with E-state index in [1.54, 1.807) is 19.1 Å². The maximum absolute atomic E-state index is 12.9. The third kappa shape index (κ3) is 5.35. The van der Waals surface area contributed by atoms with Crippen molar-refractivity contribution in [2.45, 2.75) is 32.0 Å². The van der Waals surface area contributed by atoms with E-state index < -0.39 is 24.7 Å². The van der Waals surface area contributed by atoms with E-state index in [1.165, 1.54) is 18.3 Å². The van der Waals surface area contributed by atoms with E-state index in [2.05, 4.69) is 10.5 Å². The summed E-state index contributed by atoms with van der Waals surface area (Å²) >= 11 is 0. The number of alkyl halides is 3. The van der Waals surface area contributed by atoms with Crippen molar-refractivity contribution in [3.05, 3.63) is 47.3 Å². The van der Waals surface area contributed by atoms with Gasteiger partial charge in [0.15, 0.2) is 6.10 Å². The number of anilines is 1. The van der Waals surface area contributed by atoms with Gasteiger partial charge in [0.25, 0.3) is 5.91 Å². The van der Waals surface area contributed by atoms with Gasteiger partial charge in [0.1, 0.15) is 5.76 Å². The third-order valence-corrected chi connectivity index (χ3v) is 4.57. The number of morpholine rings is 1. The van der Waals surface area contributed by atoms with Gasteiger partial charge < -0.3 is 19.5 Å². The molecule has 1 fully saturated rings. The number of carbonyl (C=O) groups is 2. The van der Waals surface area contributed by atoms with Gasteiger partial charge in [-0.05, 0) is 24.6 Å². The summed E-state index contributed by atoms with van der Waals surface area (Å²) in [6.45, 7) is 1.08. The first-order valence-corrected chi connectivity index (χ1v) is 9.01. The van der Waals surface area contributed by atoms with Crippen molar-refractivity contribution in [2.75, 3.05) is 25.0 Å². The number of carbonyl (C=O) groups excluding carboxylic acids is 2. The lowest BCUT2D eigenvalue weighted by molar-refractivity contribution is -0.233. The smallest absolute Gasteiger partial charge is 0.365 e. The summed E-state index contributed by atoms with van der Waals surface area (Å²) in [6.07, 6.45) is -4.52. The van der Waals surface area contributed by atoms with Crippen molar-refractivity contribution >= 4 is 17.5 Å². The number of amides is 2. The number of hydrogen-bond donors (Lipinski definition) is 1. The summed E-state index contributed by atoms with van der Waals surface area (Å²) in [7, 11) is 0. The SMILES string of the molecule is Cc1ccc(C(=O)N2CCOC(C(F)(F)F)C2)cc1NC(=O)CCc1ccno1. The molecule has 2 heterocycles. The fourth-order valence-electron chi connectivity index (χ4n) is 2.92. The average molecular weight is 411 g/mol. The molecule has 7 nitrogen and oxygen atoms in total. The first-order valence-electron chi connectivity index (χ1n) is 9.01. The minimum absolute atomic E-state index is 0.0676. The van der Waals surface area contributed by atoms with Crippen LogP contribution in [-0.2, 0) is 16.0 Å². The van der Waals surface area contributed by atoms with Crippen molar-refractivity contribution in [3.8, 4) is 0 Å². The van der Waals surface area contributed by atoms with Gasteiger partial charge in [-0.1, -0.05) is 11.2 Å². The summed E-state index contributed by atoms with van der Waals surface area (Å²) in [5.41, 5.74) is 1.35. The Hall–Kier alpha value is -2.88. The molecule has 1 saturated heterocycles. The molecule has 0 bridgehead atoms. The van der Waals surface area contributed by atoms with Crippen molar-refractivity contribution in [3.63, 3.8) is 0 Å². The van der Waals surface area contributed by atoms with Gasteiger partial charge in [0, 0.05) is 36.7 Å². The maximum atomic E-state index is 12.9. The zero-order chi connectivity index (χ0) is 21.0. The second-order valence-electron chi connectivity index (χ2n) is 6.71. The van der Waals surface area contributed by atoms with Crippen LogP contribution in [0.5, 0.6) is 0 Å². The Balaban J connectivity index is 1.66. The Kier molecular flexibility index (Phi) is 6.21. The van der Waals surface area contributed by atoms with E-state index in [0.29, 0.717) is 17.9 Å². The number of benzene rings is 1. The normalized spacial score (nSPS) is 17.2. The molecule has 2 aromatic rings. The van der Waals surface area contributed by atoms with E-state index in [0.717, 1.165) is 10.5 Å². The highest BCUT2D eigenvalue weighted by Gasteiger charge is 2.44. The second-order valence-corrected chi connectivity index (χ2v) is 6.71. The molecule has 1 unspecified atom stereocenters. The summed E-state index contributed by atoms with van der Waals surface area (Å²) in [6, 6.07) is 6.30. The van der Waals surface area contributed by atoms with Crippen LogP contribution in [0, 0.1) is 6.92 Å². The summed E-state index contributed by atoms with van der Waals surface area (Å²) in [5, 5.41) is 6.29. The molecule has 2 amide bonds. The first kappa shape index (κ1) is 20.8. The van der Waals surface area contributed by atoms with Crippen molar-refractivity contribution in [1.82, 2.24) is 10.1 Å².